The van der Waals surface area contributed by atoms with Gasteiger partial charge in [0.15, 0.2) is 0 Å². The van der Waals surface area contributed by atoms with Gasteiger partial charge < -0.3 is 9.80 Å². The number of rotatable bonds is 5. The summed E-state index contributed by atoms with van der Waals surface area (Å²) in [6.07, 6.45) is 10.3. The fourth-order valence-electron chi connectivity index (χ4n) is 4.16. The molecule has 0 aromatic carbocycles. The number of carbonyl (C=O) groups is 2. The van der Waals surface area contributed by atoms with Crippen LogP contribution in [-0.4, -0.2) is 58.0 Å². The number of carbonyl (C=O) groups excluding carboxylic acids is 2. The van der Waals surface area contributed by atoms with Crippen molar-refractivity contribution in [2.45, 2.75) is 70.3 Å². The molecule has 1 N–H and O–H groups in total. The molecule has 1 aliphatic heterocycles. The highest BCUT2D eigenvalue weighted by Crippen LogP contribution is 2.34. The predicted molar refractivity (Wildman–Crippen MR) is 96.4 cm³/mol. The number of unbranched alkanes of at least 4 members (excludes halogenated alkanes) is 1. The largest absolute Gasteiger partial charge is 0.342 e. The Hall–Kier alpha value is -1.85. The highest BCUT2D eigenvalue weighted by atomic mass is 16.2. The van der Waals surface area contributed by atoms with Crippen molar-refractivity contribution in [2.75, 3.05) is 20.1 Å². The van der Waals surface area contributed by atoms with E-state index in [1.54, 1.807) is 16.0 Å². The molecule has 6 heteroatoms. The van der Waals surface area contributed by atoms with Crippen molar-refractivity contribution >= 4 is 11.8 Å². The van der Waals surface area contributed by atoms with Crippen LogP contribution in [0, 0.1) is 0 Å². The van der Waals surface area contributed by atoms with Gasteiger partial charge in [0.2, 0.25) is 5.91 Å². The van der Waals surface area contributed by atoms with Gasteiger partial charge in [0.1, 0.15) is 6.04 Å². The van der Waals surface area contributed by atoms with Gasteiger partial charge in [-0.3, -0.25) is 14.7 Å². The Bertz CT molecular complexity index is 606. The lowest BCUT2D eigenvalue weighted by molar-refractivity contribution is -0.138. The minimum absolute atomic E-state index is 0.0307. The summed E-state index contributed by atoms with van der Waals surface area (Å²) in [6.45, 7) is 3.31. The summed E-state index contributed by atoms with van der Waals surface area (Å²) in [5, 5.41) is 7.25. The van der Waals surface area contributed by atoms with E-state index < -0.39 is 0 Å². The van der Waals surface area contributed by atoms with E-state index in [4.69, 9.17) is 0 Å². The van der Waals surface area contributed by atoms with E-state index in [0.717, 1.165) is 37.8 Å². The first-order chi connectivity index (χ1) is 12.1. The molecular formula is C19H30N4O2. The topological polar surface area (TPSA) is 69.3 Å². The van der Waals surface area contributed by atoms with Crippen molar-refractivity contribution in [3.8, 4) is 0 Å². The summed E-state index contributed by atoms with van der Waals surface area (Å²) in [4.78, 5) is 29.4. The molecule has 1 saturated heterocycles. The molecule has 1 aromatic heterocycles. The monoisotopic (exact) mass is 346 g/mol. The molecule has 2 amide bonds. The molecule has 0 spiro atoms. The molecule has 1 atom stereocenters. The van der Waals surface area contributed by atoms with Crippen LogP contribution in [0.4, 0.5) is 0 Å². The van der Waals surface area contributed by atoms with Crippen LogP contribution in [0.5, 0.6) is 0 Å². The Kier molecular flexibility index (Phi) is 5.76. The molecular weight excluding hydrogens is 316 g/mol. The molecule has 3 rings (SSSR count). The van der Waals surface area contributed by atoms with E-state index in [0.29, 0.717) is 24.6 Å². The van der Waals surface area contributed by atoms with Gasteiger partial charge >= 0.3 is 0 Å². The van der Waals surface area contributed by atoms with E-state index in [2.05, 4.69) is 17.1 Å². The molecule has 1 aliphatic carbocycles. The minimum Gasteiger partial charge on any atom is -0.342 e. The van der Waals surface area contributed by atoms with Gasteiger partial charge in [0, 0.05) is 26.1 Å². The Labute approximate surface area is 149 Å². The second-order valence-electron chi connectivity index (χ2n) is 7.45. The Balaban J connectivity index is 1.81. The normalized spacial score (nSPS) is 22.5. The highest BCUT2D eigenvalue weighted by Gasteiger charge is 2.37. The fourth-order valence-corrected chi connectivity index (χ4v) is 4.16. The van der Waals surface area contributed by atoms with Gasteiger partial charge in [-0.05, 0) is 19.3 Å². The van der Waals surface area contributed by atoms with E-state index in [9.17, 15) is 9.59 Å². The number of aromatic nitrogens is 2. The maximum Gasteiger partial charge on any atom is 0.258 e. The summed E-state index contributed by atoms with van der Waals surface area (Å²) >= 11 is 0. The minimum atomic E-state index is -0.333. The zero-order valence-electron chi connectivity index (χ0n) is 15.5. The van der Waals surface area contributed by atoms with E-state index >= 15 is 0 Å². The first-order valence-electron chi connectivity index (χ1n) is 9.72. The van der Waals surface area contributed by atoms with Gasteiger partial charge in [0.05, 0.1) is 17.5 Å². The van der Waals surface area contributed by atoms with Crippen LogP contribution in [0.25, 0.3) is 0 Å². The molecule has 2 aliphatic rings. The van der Waals surface area contributed by atoms with Gasteiger partial charge in [0.25, 0.3) is 5.91 Å². The molecule has 25 heavy (non-hydrogen) atoms. The Morgan fingerprint density at radius 2 is 2.04 bits per heavy atom. The van der Waals surface area contributed by atoms with E-state index in [-0.39, 0.29) is 17.9 Å². The second kappa shape index (κ2) is 8.02. The van der Waals surface area contributed by atoms with Crippen molar-refractivity contribution in [3.63, 3.8) is 0 Å². The summed E-state index contributed by atoms with van der Waals surface area (Å²) < 4.78 is 0. The molecule has 1 unspecified atom stereocenters. The van der Waals surface area contributed by atoms with Crippen LogP contribution in [0.1, 0.15) is 80.3 Å². The number of amides is 2. The van der Waals surface area contributed by atoms with Gasteiger partial charge in [-0.2, -0.15) is 5.10 Å². The summed E-state index contributed by atoms with van der Waals surface area (Å²) in [5.41, 5.74) is 1.65. The van der Waals surface area contributed by atoms with E-state index in [1.165, 1.54) is 19.3 Å². The van der Waals surface area contributed by atoms with Crippen molar-refractivity contribution in [2.24, 2.45) is 0 Å². The van der Waals surface area contributed by atoms with Crippen LogP contribution >= 0.6 is 0 Å². The molecule has 1 saturated carbocycles. The smallest absolute Gasteiger partial charge is 0.258 e. The molecule has 0 radical (unpaired) electrons. The van der Waals surface area contributed by atoms with Crippen LogP contribution in [0.3, 0.4) is 0 Å². The summed E-state index contributed by atoms with van der Waals surface area (Å²) in [6, 6.07) is -0.333. The molecule has 2 heterocycles. The standard InChI is InChI=1S/C19H30N4O2/c1-3-4-10-16-19(25)22(2)11-12-23(16)18(24)15-13-20-21-17(15)14-8-6-5-7-9-14/h13-14,16H,3-12H2,1-2H3,(H,20,21). The first kappa shape index (κ1) is 18.0. The number of likely N-dealkylation sites (N-methyl/N-ethyl adjacent to an activating group) is 1. The van der Waals surface area contributed by atoms with Crippen LogP contribution in [0.2, 0.25) is 0 Å². The molecule has 138 valence electrons. The molecule has 2 fully saturated rings. The number of piperazine rings is 1. The zero-order valence-corrected chi connectivity index (χ0v) is 15.5. The van der Waals surface area contributed by atoms with Crippen molar-refractivity contribution < 1.29 is 9.59 Å². The van der Waals surface area contributed by atoms with Crippen molar-refractivity contribution in [3.05, 3.63) is 17.5 Å². The van der Waals surface area contributed by atoms with Gasteiger partial charge in [-0.25, -0.2) is 0 Å². The summed E-state index contributed by atoms with van der Waals surface area (Å²) in [5.74, 6) is 0.431. The molecule has 0 bridgehead atoms. The van der Waals surface area contributed by atoms with E-state index in [1.807, 2.05) is 7.05 Å². The lowest BCUT2D eigenvalue weighted by Crippen LogP contribution is -2.57. The number of nitrogens with zero attached hydrogens (tertiary/aromatic N) is 3. The van der Waals surface area contributed by atoms with Gasteiger partial charge in [-0.15, -0.1) is 0 Å². The fraction of sp³-hybridized carbons (Fsp3) is 0.737. The molecule has 6 nitrogen and oxygen atoms in total. The maximum atomic E-state index is 13.2. The lowest BCUT2D eigenvalue weighted by Gasteiger charge is -2.39. The van der Waals surface area contributed by atoms with Crippen LogP contribution in [-0.2, 0) is 4.79 Å². The lowest BCUT2D eigenvalue weighted by atomic mass is 9.85. The summed E-state index contributed by atoms with van der Waals surface area (Å²) in [7, 11) is 1.83. The highest BCUT2D eigenvalue weighted by molar-refractivity contribution is 5.99. The number of aromatic amines is 1. The third-order valence-electron chi connectivity index (χ3n) is 5.72. The Morgan fingerprint density at radius 3 is 2.76 bits per heavy atom. The Morgan fingerprint density at radius 1 is 1.28 bits per heavy atom. The first-order valence-corrected chi connectivity index (χ1v) is 9.72. The van der Waals surface area contributed by atoms with Crippen LogP contribution < -0.4 is 0 Å². The average Bonchev–Trinajstić information content (AvgIpc) is 3.13. The SMILES string of the molecule is CCCCC1C(=O)N(C)CCN1C(=O)c1cn[nH]c1C1CCCCC1. The van der Waals surface area contributed by atoms with Crippen molar-refractivity contribution in [1.82, 2.24) is 20.0 Å². The maximum absolute atomic E-state index is 13.2. The molecule has 1 aromatic rings. The zero-order chi connectivity index (χ0) is 17.8. The number of hydrogen-bond acceptors (Lipinski definition) is 3. The van der Waals surface area contributed by atoms with Crippen molar-refractivity contribution in [1.29, 1.82) is 0 Å². The third kappa shape index (κ3) is 3.72. The predicted octanol–water partition coefficient (Wildman–Crippen LogP) is 2.93. The number of H-pyrrole nitrogens is 1. The van der Waals surface area contributed by atoms with Gasteiger partial charge in [-0.1, -0.05) is 39.0 Å². The third-order valence-corrected chi connectivity index (χ3v) is 5.72. The average molecular weight is 346 g/mol. The quantitative estimate of drug-likeness (QED) is 0.891. The number of hydrogen-bond donors (Lipinski definition) is 1. The second-order valence-corrected chi connectivity index (χ2v) is 7.45. The number of nitrogens with one attached hydrogen (secondary N) is 1. The van der Waals surface area contributed by atoms with Crippen LogP contribution in [0.15, 0.2) is 6.20 Å².